The number of nitrogens with one attached hydrogen (secondary N) is 3. The quantitative estimate of drug-likeness (QED) is 0.371. The second-order valence-corrected chi connectivity index (χ2v) is 8.26. The molecule has 1 atom stereocenters. The first-order chi connectivity index (χ1) is 14.5. The van der Waals surface area contributed by atoms with Crippen LogP contribution in [0.1, 0.15) is 31.9 Å². The van der Waals surface area contributed by atoms with Crippen molar-refractivity contribution in [3.05, 3.63) is 35.5 Å². The number of hydrogen-bond donors (Lipinski definition) is 4. The van der Waals surface area contributed by atoms with Crippen LogP contribution in [0.5, 0.6) is 0 Å². The number of aliphatic hydroxyl groups is 1. The lowest BCUT2D eigenvalue weighted by Crippen LogP contribution is -2.48. The van der Waals surface area contributed by atoms with Gasteiger partial charge in [-0.1, -0.05) is 25.1 Å². The maximum atomic E-state index is 10.8. The molecule has 0 aliphatic carbocycles. The Morgan fingerprint density at radius 3 is 2.77 bits per heavy atom. The molecule has 0 radical (unpaired) electrons. The normalized spacial score (nSPS) is 17.8. The van der Waals surface area contributed by atoms with Crippen molar-refractivity contribution in [3.8, 4) is 0 Å². The van der Waals surface area contributed by atoms with Gasteiger partial charge in [0, 0.05) is 49.8 Å². The Labute approximate surface area is 179 Å². The predicted molar refractivity (Wildman–Crippen MR) is 123 cm³/mol. The molecule has 3 rings (SSSR count). The highest BCUT2D eigenvalue weighted by atomic mass is 16.5. The highest BCUT2D eigenvalue weighted by Crippen LogP contribution is 2.22. The third kappa shape index (κ3) is 6.20. The van der Waals surface area contributed by atoms with E-state index in [0.717, 1.165) is 58.2 Å². The van der Waals surface area contributed by atoms with Crippen LogP contribution in [0.4, 0.5) is 0 Å². The molecule has 1 unspecified atom stereocenters. The lowest BCUT2D eigenvalue weighted by molar-refractivity contribution is -0.0179. The summed E-state index contributed by atoms with van der Waals surface area (Å²) in [4.78, 5) is 10.3. The molecule has 30 heavy (non-hydrogen) atoms. The zero-order valence-electron chi connectivity index (χ0n) is 18.6. The monoisotopic (exact) mass is 415 g/mol. The summed E-state index contributed by atoms with van der Waals surface area (Å²) in [6.07, 6.45) is 4.04. The Morgan fingerprint density at radius 2 is 2.03 bits per heavy atom. The standard InChI is InChI=1S/C23H37N5O2/c1-4-18-7-6-8-20-19(15-26-21(18)20)9-10-25-22(24-5-2)27-16-23(3,29)17-28-11-13-30-14-12-28/h6-8,15,26,29H,4-5,9-14,16-17H2,1-3H3,(H2,24,25,27). The minimum atomic E-state index is -0.868. The van der Waals surface area contributed by atoms with E-state index in [1.807, 2.05) is 6.92 Å². The van der Waals surface area contributed by atoms with Gasteiger partial charge in [-0.05, 0) is 37.8 Å². The van der Waals surface area contributed by atoms with Gasteiger partial charge in [0.25, 0.3) is 0 Å². The molecular formula is C23H37N5O2. The molecule has 4 N–H and O–H groups in total. The number of ether oxygens (including phenoxy) is 1. The highest BCUT2D eigenvalue weighted by Gasteiger charge is 2.25. The van der Waals surface area contributed by atoms with Crippen molar-refractivity contribution in [3.63, 3.8) is 0 Å². The van der Waals surface area contributed by atoms with Crippen molar-refractivity contribution in [2.75, 3.05) is 52.5 Å². The first kappa shape index (κ1) is 22.6. The third-order valence-corrected chi connectivity index (χ3v) is 5.55. The van der Waals surface area contributed by atoms with E-state index in [2.05, 4.69) is 63.8 Å². The average molecular weight is 416 g/mol. The van der Waals surface area contributed by atoms with E-state index in [9.17, 15) is 5.11 Å². The summed E-state index contributed by atoms with van der Waals surface area (Å²) in [7, 11) is 0. The second kappa shape index (κ2) is 10.8. The number of rotatable bonds is 9. The SMILES string of the molecule is CCNC(=NCC(C)(O)CN1CCOCC1)NCCc1c[nH]c2c(CC)cccc12. The number of H-pyrrole nitrogens is 1. The van der Waals surface area contributed by atoms with Gasteiger partial charge in [-0.25, -0.2) is 0 Å². The van der Waals surface area contributed by atoms with Crippen molar-refractivity contribution < 1.29 is 9.84 Å². The zero-order chi connectivity index (χ0) is 21.4. The van der Waals surface area contributed by atoms with Gasteiger partial charge in [0.2, 0.25) is 0 Å². The molecule has 1 aromatic heterocycles. The molecule has 1 aromatic carbocycles. The molecule has 1 fully saturated rings. The highest BCUT2D eigenvalue weighted by molar-refractivity contribution is 5.86. The average Bonchev–Trinajstić information content (AvgIpc) is 3.16. The fourth-order valence-corrected chi connectivity index (χ4v) is 3.97. The molecule has 7 nitrogen and oxygen atoms in total. The molecule has 1 saturated heterocycles. The number of fused-ring (bicyclic) bond motifs is 1. The molecule has 166 valence electrons. The van der Waals surface area contributed by atoms with Crippen LogP contribution in [0.2, 0.25) is 0 Å². The van der Waals surface area contributed by atoms with Gasteiger partial charge < -0.3 is 25.5 Å². The third-order valence-electron chi connectivity index (χ3n) is 5.55. The molecule has 0 bridgehead atoms. The van der Waals surface area contributed by atoms with Gasteiger partial charge in [0.1, 0.15) is 0 Å². The van der Waals surface area contributed by atoms with E-state index in [0.29, 0.717) is 13.1 Å². The Morgan fingerprint density at radius 1 is 1.23 bits per heavy atom. The smallest absolute Gasteiger partial charge is 0.191 e. The number of β-amino-alcohol motifs (C(OH)–C–C–N with tert-alkyl or cyclic N) is 1. The zero-order valence-corrected chi connectivity index (χ0v) is 18.6. The Kier molecular flexibility index (Phi) is 8.13. The number of aryl methyl sites for hydroxylation is 1. The lowest BCUT2D eigenvalue weighted by Gasteiger charge is -2.33. The van der Waals surface area contributed by atoms with Gasteiger partial charge in [0.15, 0.2) is 5.96 Å². The van der Waals surface area contributed by atoms with Crippen molar-refractivity contribution in [2.24, 2.45) is 4.99 Å². The van der Waals surface area contributed by atoms with Crippen LogP contribution in [0.3, 0.4) is 0 Å². The molecule has 1 aliphatic heterocycles. The Hall–Kier alpha value is -2.09. The predicted octanol–water partition coefficient (Wildman–Crippen LogP) is 1.91. The number of hydrogen-bond acceptors (Lipinski definition) is 4. The van der Waals surface area contributed by atoms with Crippen molar-refractivity contribution in [1.29, 1.82) is 0 Å². The molecule has 2 aromatic rings. The molecule has 0 saturated carbocycles. The van der Waals surface area contributed by atoms with Gasteiger partial charge in [0.05, 0.1) is 25.4 Å². The van der Waals surface area contributed by atoms with E-state index < -0.39 is 5.60 Å². The molecule has 1 aliphatic rings. The van der Waals surface area contributed by atoms with Crippen molar-refractivity contribution in [2.45, 2.75) is 39.2 Å². The van der Waals surface area contributed by atoms with Crippen LogP contribution in [-0.2, 0) is 17.6 Å². The summed E-state index contributed by atoms with van der Waals surface area (Å²) < 4.78 is 5.39. The summed E-state index contributed by atoms with van der Waals surface area (Å²) in [5.74, 6) is 0.744. The number of aromatic nitrogens is 1. The number of para-hydroxylation sites is 1. The minimum Gasteiger partial charge on any atom is -0.387 e. The van der Waals surface area contributed by atoms with E-state index in [1.165, 1.54) is 22.0 Å². The number of guanidine groups is 1. The number of aromatic amines is 1. The Bertz CT molecular complexity index is 824. The minimum absolute atomic E-state index is 0.354. The summed E-state index contributed by atoms with van der Waals surface area (Å²) >= 11 is 0. The Balaban J connectivity index is 1.55. The van der Waals surface area contributed by atoms with E-state index in [-0.39, 0.29) is 0 Å². The maximum absolute atomic E-state index is 10.8. The number of aliphatic imine (C=N–C) groups is 1. The number of morpholine rings is 1. The molecule has 0 amide bonds. The summed E-state index contributed by atoms with van der Waals surface area (Å²) in [6, 6.07) is 6.50. The first-order valence-electron chi connectivity index (χ1n) is 11.1. The second-order valence-electron chi connectivity index (χ2n) is 8.26. The van der Waals surface area contributed by atoms with E-state index >= 15 is 0 Å². The number of benzene rings is 1. The largest absolute Gasteiger partial charge is 0.387 e. The van der Waals surface area contributed by atoms with Crippen molar-refractivity contribution in [1.82, 2.24) is 20.5 Å². The van der Waals surface area contributed by atoms with Gasteiger partial charge in [-0.3, -0.25) is 9.89 Å². The van der Waals surface area contributed by atoms with Crippen LogP contribution < -0.4 is 10.6 Å². The van der Waals surface area contributed by atoms with Crippen LogP contribution >= 0.6 is 0 Å². The molecular weight excluding hydrogens is 378 g/mol. The van der Waals surface area contributed by atoms with Gasteiger partial charge >= 0.3 is 0 Å². The van der Waals surface area contributed by atoms with Crippen LogP contribution in [0.15, 0.2) is 29.4 Å². The van der Waals surface area contributed by atoms with Gasteiger partial charge in [-0.2, -0.15) is 0 Å². The molecule has 2 heterocycles. The van der Waals surface area contributed by atoms with E-state index in [1.54, 1.807) is 0 Å². The lowest BCUT2D eigenvalue weighted by atomic mass is 10.1. The summed E-state index contributed by atoms with van der Waals surface area (Å²) in [5.41, 5.74) is 3.04. The topological polar surface area (TPSA) is 84.9 Å². The number of nitrogens with zero attached hydrogens (tertiary/aromatic N) is 2. The van der Waals surface area contributed by atoms with Crippen LogP contribution in [0, 0.1) is 0 Å². The van der Waals surface area contributed by atoms with Crippen LogP contribution in [-0.4, -0.2) is 79.0 Å². The summed E-state index contributed by atoms with van der Waals surface area (Å²) in [6.45, 7) is 11.8. The molecule has 7 heteroatoms. The van der Waals surface area contributed by atoms with E-state index in [4.69, 9.17) is 4.74 Å². The van der Waals surface area contributed by atoms with Crippen molar-refractivity contribution >= 4 is 16.9 Å². The summed E-state index contributed by atoms with van der Waals surface area (Å²) in [5, 5.41) is 18.8. The fourth-order valence-electron chi connectivity index (χ4n) is 3.97. The fraction of sp³-hybridized carbons (Fsp3) is 0.609. The maximum Gasteiger partial charge on any atom is 0.191 e. The first-order valence-corrected chi connectivity index (χ1v) is 11.1. The van der Waals surface area contributed by atoms with Crippen LogP contribution in [0.25, 0.3) is 10.9 Å². The molecule has 0 spiro atoms. The van der Waals surface area contributed by atoms with Gasteiger partial charge in [-0.15, -0.1) is 0 Å².